The summed E-state index contributed by atoms with van der Waals surface area (Å²) in [6.45, 7) is 9.51. The van der Waals surface area contributed by atoms with Gasteiger partial charge in [-0.15, -0.1) is 59.3 Å². The predicted molar refractivity (Wildman–Crippen MR) is 111 cm³/mol. The van der Waals surface area contributed by atoms with Gasteiger partial charge in [0.2, 0.25) is 0 Å². The third-order valence-corrected chi connectivity index (χ3v) is 8.22. The zero-order valence-electron chi connectivity index (χ0n) is 16.1. The normalized spacial score (nSPS) is 8.70. The second-order valence-corrected chi connectivity index (χ2v) is 9.18. The molecule has 0 amide bonds. The first-order valence-electron chi connectivity index (χ1n) is 8.54. The summed E-state index contributed by atoms with van der Waals surface area (Å²) < 4.78 is 0. The molecule has 0 aliphatic carbocycles. The van der Waals surface area contributed by atoms with Gasteiger partial charge in [-0.25, -0.2) is 0 Å². The summed E-state index contributed by atoms with van der Waals surface area (Å²) in [6, 6.07) is 29.3. The maximum absolute atomic E-state index is 3.25. The van der Waals surface area contributed by atoms with Gasteiger partial charge in [0.1, 0.15) is 0 Å². The Kier molecular flexibility index (Phi) is 18.4. The van der Waals surface area contributed by atoms with Crippen molar-refractivity contribution in [1.29, 1.82) is 0 Å². The molecule has 4 rings (SSSR count). The Morgan fingerprint density at radius 1 is 0.741 bits per heavy atom. The van der Waals surface area contributed by atoms with Crippen LogP contribution in [-0.4, -0.2) is 6.16 Å². The van der Waals surface area contributed by atoms with Crippen molar-refractivity contribution >= 4 is 27.7 Å². The van der Waals surface area contributed by atoms with Crippen molar-refractivity contribution in [2.75, 3.05) is 0 Å². The standard InChI is InChI=1S/2C9H7.C3H7Si.C2H5.2ClH.Zr/c2*1-2-5-9-7-3-6-8(9)4-1;1-3(2)4;1-2;;;/h2*1-7H;3H,1-2H3;1H2,2H3;2*1H;/q2*-1;;-1;;;+2/p-2. The summed E-state index contributed by atoms with van der Waals surface area (Å²) in [5.41, 5.74) is 0.952. The van der Waals surface area contributed by atoms with Crippen LogP contribution in [0, 0.1) is 6.92 Å². The van der Waals surface area contributed by atoms with E-state index in [0.717, 1.165) is 5.54 Å². The average molecular weight is 493 g/mol. The smallest absolute Gasteiger partial charge is 0.0809 e. The predicted octanol–water partition coefficient (Wildman–Crippen LogP) is 0.946. The van der Waals surface area contributed by atoms with E-state index in [0.29, 0.717) is 0 Å². The molecule has 0 N–H and O–H groups in total. The fourth-order valence-electron chi connectivity index (χ4n) is 2.14. The van der Waals surface area contributed by atoms with E-state index in [-0.39, 0.29) is 24.8 Å². The Labute approximate surface area is 192 Å². The minimum absolute atomic E-state index is 0. The molecule has 0 unspecified atom stereocenters. The van der Waals surface area contributed by atoms with Crippen molar-refractivity contribution in [3.8, 4) is 0 Å². The second kappa shape index (κ2) is 17.4. The van der Waals surface area contributed by atoms with Crippen LogP contribution in [0.4, 0.5) is 0 Å². The molecule has 0 nitrogen and oxygen atoms in total. The van der Waals surface area contributed by atoms with Crippen LogP contribution in [0.3, 0.4) is 0 Å². The van der Waals surface area contributed by atoms with Crippen LogP contribution in [0.25, 0.3) is 21.5 Å². The molecular weight excluding hydrogens is 466 g/mol. The van der Waals surface area contributed by atoms with E-state index in [2.05, 4.69) is 106 Å². The number of hydrogen-bond donors (Lipinski definition) is 0. The van der Waals surface area contributed by atoms with Gasteiger partial charge in [-0.2, -0.15) is 42.0 Å². The van der Waals surface area contributed by atoms with E-state index in [1.807, 2.05) is 0 Å². The molecule has 0 saturated heterocycles. The number of halogens is 2. The monoisotopic (exact) mass is 490 g/mol. The summed E-state index contributed by atoms with van der Waals surface area (Å²) in [5, 5.41) is 5.32. The van der Waals surface area contributed by atoms with Gasteiger partial charge in [0, 0.05) is 0 Å². The zero-order chi connectivity index (χ0) is 18.5. The molecule has 0 fully saturated rings. The maximum atomic E-state index is 3.25. The Hall–Kier alpha value is -0.660. The molecule has 4 aromatic carbocycles. The van der Waals surface area contributed by atoms with Gasteiger partial charge in [-0.3, -0.25) is 0 Å². The van der Waals surface area contributed by atoms with Crippen LogP contribution < -0.4 is 24.8 Å². The fourth-order valence-corrected chi connectivity index (χ4v) is 2.14. The molecule has 0 spiro atoms. The Morgan fingerprint density at radius 3 is 1.37 bits per heavy atom. The Balaban J connectivity index is 0. The van der Waals surface area contributed by atoms with Crippen LogP contribution >= 0.6 is 0 Å². The van der Waals surface area contributed by atoms with Crippen LogP contribution in [-0.2, 0) is 23.3 Å². The minimum atomic E-state index is 0. The summed E-state index contributed by atoms with van der Waals surface area (Å²) in [5.74, 6) is 0. The molecule has 0 aromatic heterocycles. The topological polar surface area (TPSA) is 0 Å². The second-order valence-electron chi connectivity index (χ2n) is 5.61. The quantitative estimate of drug-likeness (QED) is 0.274. The fraction of sp³-hybridized carbons (Fsp3) is 0.174. The summed E-state index contributed by atoms with van der Waals surface area (Å²) in [7, 11) is 0. The van der Waals surface area contributed by atoms with Crippen molar-refractivity contribution < 1.29 is 48.1 Å². The van der Waals surface area contributed by atoms with Crippen molar-refractivity contribution in [2.24, 2.45) is 0 Å². The average Bonchev–Trinajstić information content (AvgIpc) is 3.33. The first kappa shape index (κ1) is 28.5. The van der Waals surface area contributed by atoms with Gasteiger partial charge in [0.25, 0.3) is 0 Å². The molecule has 0 atom stereocenters. The number of hydrogen-bond acceptors (Lipinski definition) is 0. The maximum Gasteiger partial charge on any atom is -0.0809 e. The molecule has 0 aliphatic heterocycles. The summed E-state index contributed by atoms with van der Waals surface area (Å²) in [4.78, 5) is 0. The molecule has 0 saturated carbocycles. The Morgan fingerprint density at radius 2 is 1.07 bits per heavy atom. The molecule has 1 radical (unpaired) electrons. The van der Waals surface area contributed by atoms with Gasteiger partial charge >= 0.3 is 48.9 Å². The third kappa shape index (κ3) is 11.1. The van der Waals surface area contributed by atoms with E-state index >= 15 is 0 Å². The first-order valence-corrected chi connectivity index (χ1v) is 13.3. The SMILES string of the molecule is CC(C)[Si]=[Zr+2].[CH2-]C.[Cl-].[Cl-].c1ccc2[cH-]ccc2c1.c1ccc2[cH-]ccc2c1. The molecule has 4 heteroatoms. The van der Waals surface area contributed by atoms with Gasteiger partial charge in [0.15, 0.2) is 0 Å². The van der Waals surface area contributed by atoms with E-state index in [1.165, 1.54) is 27.7 Å². The zero-order valence-corrected chi connectivity index (χ0v) is 21.1. The van der Waals surface area contributed by atoms with Crippen LogP contribution in [0.15, 0.2) is 84.9 Å². The van der Waals surface area contributed by atoms with E-state index < -0.39 is 0 Å². The molecule has 143 valence electrons. The number of fused-ring (bicyclic) bond motifs is 2. The van der Waals surface area contributed by atoms with Crippen LogP contribution in [0.2, 0.25) is 5.54 Å². The van der Waals surface area contributed by atoms with Gasteiger partial charge in [-0.05, 0) is 0 Å². The van der Waals surface area contributed by atoms with E-state index in [4.69, 9.17) is 0 Å². The number of rotatable bonds is 1. The van der Waals surface area contributed by atoms with Crippen molar-refractivity contribution in [3.63, 3.8) is 0 Å². The van der Waals surface area contributed by atoms with Crippen molar-refractivity contribution in [1.82, 2.24) is 0 Å². The van der Waals surface area contributed by atoms with Crippen molar-refractivity contribution in [3.05, 3.63) is 91.9 Å². The van der Waals surface area contributed by atoms with E-state index in [1.54, 1.807) is 30.3 Å². The molecule has 0 aliphatic rings. The first-order chi connectivity index (χ1) is 12.2. The largest absolute Gasteiger partial charge is 1.00 e. The van der Waals surface area contributed by atoms with Gasteiger partial charge < -0.3 is 31.7 Å². The molecule has 27 heavy (non-hydrogen) atoms. The molecular formula is C23H26Cl2SiZr-3. The van der Waals surface area contributed by atoms with Crippen LogP contribution in [0.5, 0.6) is 0 Å². The molecule has 4 aromatic rings. The van der Waals surface area contributed by atoms with Crippen molar-refractivity contribution in [2.45, 2.75) is 26.3 Å². The molecule has 0 bridgehead atoms. The Bertz CT molecular complexity index is 723. The third-order valence-electron chi connectivity index (χ3n) is 3.38. The molecule has 0 heterocycles. The van der Waals surface area contributed by atoms with E-state index in [9.17, 15) is 0 Å². The van der Waals surface area contributed by atoms with Crippen LogP contribution in [0.1, 0.15) is 20.8 Å². The van der Waals surface area contributed by atoms with Gasteiger partial charge in [0.05, 0.1) is 0 Å². The van der Waals surface area contributed by atoms with Gasteiger partial charge in [-0.1, -0.05) is 12.1 Å². The summed E-state index contributed by atoms with van der Waals surface area (Å²) >= 11 is 1.69. The minimum Gasteiger partial charge on any atom is -1.00 e. The summed E-state index contributed by atoms with van der Waals surface area (Å²) in [6.07, 6.45) is 1.20. The number of benzene rings is 2.